The summed E-state index contributed by atoms with van der Waals surface area (Å²) in [6.45, 7) is 0.578. The molecule has 0 radical (unpaired) electrons. The number of amides is 2. The van der Waals surface area contributed by atoms with E-state index in [-0.39, 0.29) is 11.9 Å². The van der Waals surface area contributed by atoms with E-state index in [1.807, 2.05) is 54.7 Å². The summed E-state index contributed by atoms with van der Waals surface area (Å²) in [5.74, 6) is 0.532. The smallest absolute Gasteiger partial charge is 0.407 e. The van der Waals surface area contributed by atoms with E-state index in [0.717, 1.165) is 57.4 Å². The molecule has 0 aliphatic carbocycles. The molecule has 0 bridgehead atoms. The van der Waals surface area contributed by atoms with Gasteiger partial charge in [0.15, 0.2) is 4.96 Å². The van der Waals surface area contributed by atoms with Crippen molar-refractivity contribution in [3.05, 3.63) is 114 Å². The van der Waals surface area contributed by atoms with E-state index in [2.05, 4.69) is 67.7 Å². The number of hydrogen-bond acceptors (Lipinski definition) is 6. The molecule has 44 heavy (non-hydrogen) atoms. The molecule has 3 aromatic carbocycles. The number of aromatic nitrogens is 4. The Balaban J connectivity index is 1.10. The number of nitrogens with one attached hydrogen (secondary N) is 2. The molecule has 2 atom stereocenters. The number of thiazole rings is 1. The van der Waals surface area contributed by atoms with Crippen molar-refractivity contribution >= 4 is 28.3 Å². The molecule has 2 amide bonds. The van der Waals surface area contributed by atoms with Crippen LogP contribution in [0.25, 0.3) is 38.7 Å². The van der Waals surface area contributed by atoms with Crippen LogP contribution in [0.3, 0.4) is 0 Å². The number of carbonyl (C=O) groups is 2. The van der Waals surface area contributed by atoms with Crippen molar-refractivity contribution in [2.75, 3.05) is 13.7 Å². The van der Waals surface area contributed by atoms with Crippen molar-refractivity contribution in [2.45, 2.75) is 24.9 Å². The van der Waals surface area contributed by atoms with Crippen molar-refractivity contribution in [1.82, 2.24) is 29.6 Å². The number of benzene rings is 3. The molecule has 6 aromatic rings. The Morgan fingerprint density at radius 1 is 0.977 bits per heavy atom. The topological polar surface area (TPSA) is 105 Å². The number of alkyl carbamates (subject to hydrolysis) is 1. The van der Waals surface area contributed by atoms with Gasteiger partial charge >= 0.3 is 6.09 Å². The fraction of sp³-hybridized carbons (Fsp3) is 0.176. The molecular formula is C34H30N6O3S. The summed E-state index contributed by atoms with van der Waals surface area (Å²) in [4.78, 5) is 41.7. The van der Waals surface area contributed by atoms with E-state index in [1.165, 1.54) is 7.11 Å². The lowest BCUT2D eigenvalue weighted by molar-refractivity contribution is -0.134. The zero-order valence-electron chi connectivity index (χ0n) is 24.0. The Labute approximate surface area is 258 Å². The third kappa shape index (κ3) is 5.24. The number of rotatable bonds is 7. The number of likely N-dealkylation sites (tertiary alicyclic amines) is 1. The summed E-state index contributed by atoms with van der Waals surface area (Å²) >= 11 is 1.63. The predicted octanol–water partition coefficient (Wildman–Crippen LogP) is 6.88. The van der Waals surface area contributed by atoms with Gasteiger partial charge < -0.3 is 19.9 Å². The number of H-pyrrole nitrogens is 1. The predicted molar refractivity (Wildman–Crippen MR) is 170 cm³/mol. The molecule has 2 N–H and O–H groups in total. The minimum Gasteiger partial charge on any atom is -0.453 e. The molecular weight excluding hydrogens is 572 g/mol. The fourth-order valence-corrected chi connectivity index (χ4v) is 6.69. The van der Waals surface area contributed by atoms with Gasteiger partial charge in [-0.2, -0.15) is 0 Å². The monoisotopic (exact) mass is 602 g/mol. The zero-order chi connectivity index (χ0) is 30.0. The maximum Gasteiger partial charge on any atom is 0.407 e. The number of carbonyl (C=O) groups excluding carboxylic acids is 2. The fourth-order valence-electron chi connectivity index (χ4n) is 5.80. The van der Waals surface area contributed by atoms with Crippen LogP contribution in [0.5, 0.6) is 0 Å². The van der Waals surface area contributed by atoms with Crippen molar-refractivity contribution in [2.24, 2.45) is 0 Å². The normalized spacial score (nSPS) is 15.4. The highest BCUT2D eigenvalue weighted by Gasteiger charge is 2.37. The summed E-state index contributed by atoms with van der Waals surface area (Å²) in [6.07, 6.45) is 4.86. The van der Waals surface area contributed by atoms with Gasteiger partial charge in [0, 0.05) is 23.7 Å². The standard InChI is InChI=1S/C34H30N6O3S/c1-43-34(42)38-30(25-11-6-3-7-12-25)32(41)39-18-8-13-28(39)31-35-19-26(36-31)22-14-16-23(17-15-22)27-20-40-29(21-44-33(40)37-27)24-9-4-2-5-10-24/h2-7,9-12,14-17,19-21,28,30H,8,13,18H2,1H3,(H,35,36)(H,38,42)/t28?,30-/m1/s1. The highest BCUT2D eigenvalue weighted by molar-refractivity contribution is 7.15. The average molecular weight is 603 g/mol. The number of fused-ring (bicyclic) bond motifs is 1. The second-order valence-electron chi connectivity index (χ2n) is 10.7. The van der Waals surface area contributed by atoms with Crippen LogP contribution >= 0.6 is 11.3 Å². The number of ether oxygens (including phenoxy) is 1. The summed E-state index contributed by atoms with van der Waals surface area (Å²) in [7, 11) is 1.29. The Morgan fingerprint density at radius 3 is 2.45 bits per heavy atom. The molecule has 4 heterocycles. The number of nitrogens with zero attached hydrogens (tertiary/aromatic N) is 4. The number of aromatic amines is 1. The highest BCUT2D eigenvalue weighted by atomic mass is 32.1. The minimum absolute atomic E-state index is 0.193. The summed E-state index contributed by atoms with van der Waals surface area (Å²) in [5.41, 5.74) is 6.79. The van der Waals surface area contributed by atoms with E-state index in [0.29, 0.717) is 12.1 Å². The lowest BCUT2D eigenvalue weighted by atomic mass is 10.1. The van der Waals surface area contributed by atoms with Gasteiger partial charge in [-0.3, -0.25) is 9.20 Å². The Bertz CT molecular complexity index is 1910. The van der Waals surface area contributed by atoms with Gasteiger partial charge in [0.1, 0.15) is 11.9 Å². The van der Waals surface area contributed by atoms with Gasteiger partial charge in [-0.1, -0.05) is 84.9 Å². The first-order valence-corrected chi connectivity index (χ1v) is 15.3. The molecule has 0 spiro atoms. The van der Waals surface area contributed by atoms with Crippen LogP contribution in [-0.4, -0.2) is 49.9 Å². The average Bonchev–Trinajstić information content (AvgIpc) is 3.88. The van der Waals surface area contributed by atoms with Crippen LogP contribution in [-0.2, 0) is 9.53 Å². The van der Waals surface area contributed by atoms with E-state index >= 15 is 0 Å². The molecule has 3 aromatic heterocycles. The van der Waals surface area contributed by atoms with Gasteiger partial charge in [0.05, 0.1) is 36.4 Å². The van der Waals surface area contributed by atoms with Gasteiger partial charge in [-0.25, -0.2) is 14.8 Å². The van der Waals surface area contributed by atoms with Crippen LogP contribution in [0.15, 0.2) is 103 Å². The second kappa shape index (κ2) is 11.8. The van der Waals surface area contributed by atoms with Crippen LogP contribution < -0.4 is 5.32 Å². The maximum absolute atomic E-state index is 13.8. The van der Waals surface area contributed by atoms with Crippen molar-refractivity contribution in [3.63, 3.8) is 0 Å². The van der Waals surface area contributed by atoms with Crippen LogP contribution in [0.1, 0.15) is 36.3 Å². The lowest BCUT2D eigenvalue weighted by Crippen LogP contribution is -2.42. The van der Waals surface area contributed by atoms with Crippen molar-refractivity contribution in [3.8, 4) is 33.8 Å². The third-order valence-electron chi connectivity index (χ3n) is 8.04. The first kappa shape index (κ1) is 27.6. The van der Waals surface area contributed by atoms with Crippen LogP contribution in [0.4, 0.5) is 4.79 Å². The molecule has 1 saturated heterocycles. The van der Waals surface area contributed by atoms with Gasteiger partial charge in [0.2, 0.25) is 0 Å². The molecule has 1 aliphatic heterocycles. The largest absolute Gasteiger partial charge is 0.453 e. The maximum atomic E-state index is 13.8. The number of imidazole rings is 2. The van der Waals surface area contributed by atoms with Crippen molar-refractivity contribution in [1.29, 1.82) is 0 Å². The molecule has 220 valence electrons. The number of hydrogen-bond donors (Lipinski definition) is 2. The first-order valence-electron chi connectivity index (χ1n) is 14.5. The van der Waals surface area contributed by atoms with Gasteiger partial charge in [-0.15, -0.1) is 11.3 Å². The molecule has 0 saturated carbocycles. The number of methoxy groups -OCH3 is 1. The lowest BCUT2D eigenvalue weighted by Gasteiger charge is -2.28. The second-order valence-corrected chi connectivity index (χ2v) is 11.5. The first-order chi connectivity index (χ1) is 21.6. The molecule has 10 heteroatoms. The zero-order valence-corrected chi connectivity index (χ0v) is 24.8. The molecule has 1 fully saturated rings. The van der Waals surface area contributed by atoms with Gasteiger partial charge in [-0.05, 0) is 29.5 Å². The highest BCUT2D eigenvalue weighted by Crippen LogP contribution is 2.35. The summed E-state index contributed by atoms with van der Waals surface area (Å²) in [6, 6.07) is 26.7. The third-order valence-corrected chi connectivity index (χ3v) is 8.88. The quantitative estimate of drug-likeness (QED) is 0.207. The van der Waals surface area contributed by atoms with E-state index in [9.17, 15) is 9.59 Å². The van der Waals surface area contributed by atoms with Crippen LogP contribution in [0, 0.1) is 0 Å². The molecule has 7 rings (SSSR count). The summed E-state index contributed by atoms with van der Waals surface area (Å²) in [5, 5.41) is 4.85. The molecule has 9 nitrogen and oxygen atoms in total. The Kier molecular flexibility index (Phi) is 7.41. The molecule has 1 unspecified atom stereocenters. The Morgan fingerprint density at radius 2 is 1.70 bits per heavy atom. The van der Waals surface area contributed by atoms with Gasteiger partial charge in [0.25, 0.3) is 5.91 Å². The van der Waals surface area contributed by atoms with E-state index in [4.69, 9.17) is 9.72 Å². The van der Waals surface area contributed by atoms with E-state index in [1.54, 1.807) is 16.2 Å². The SMILES string of the molecule is COC(=O)N[C@@H](C(=O)N1CCCC1c1ncc(-c2ccc(-c3cn4c(-c5ccccc5)csc4n3)cc2)[nH]1)c1ccccc1. The minimum atomic E-state index is -0.854. The van der Waals surface area contributed by atoms with Crippen LogP contribution in [0.2, 0.25) is 0 Å². The Hall–Kier alpha value is -5.22. The van der Waals surface area contributed by atoms with E-state index < -0.39 is 12.1 Å². The summed E-state index contributed by atoms with van der Waals surface area (Å²) < 4.78 is 6.95. The van der Waals surface area contributed by atoms with Crippen molar-refractivity contribution < 1.29 is 14.3 Å². The molecule has 1 aliphatic rings.